The van der Waals surface area contributed by atoms with E-state index in [2.05, 4.69) is 4.98 Å². The van der Waals surface area contributed by atoms with Crippen molar-refractivity contribution in [2.45, 2.75) is 45.6 Å². The highest BCUT2D eigenvalue weighted by Gasteiger charge is 2.33. The summed E-state index contributed by atoms with van der Waals surface area (Å²) in [7, 11) is 1.56. The number of oxazole rings is 1. The summed E-state index contributed by atoms with van der Waals surface area (Å²) in [6.45, 7) is 7.52. The number of carboxylic acid groups (broad SMARTS) is 1. The molecule has 1 N–H and O–H groups in total. The van der Waals surface area contributed by atoms with Gasteiger partial charge < -0.3 is 14.3 Å². The summed E-state index contributed by atoms with van der Waals surface area (Å²) < 4.78 is 10.7. The lowest BCUT2D eigenvalue weighted by molar-refractivity contribution is -0.0242. The van der Waals surface area contributed by atoms with Crippen LogP contribution in [0.4, 0.5) is 0 Å². The average Bonchev–Trinajstić information content (AvgIpc) is 2.73. The van der Waals surface area contributed by atoms with Gasteiger partial charge in [0.1, 0.15) is 5.60 Å². The molecule has 5 nitrogen and oxygen atoms in total. The quantitative estimate of drug-likeness (QED) is 0.858. The molecule has 17 heavy (non-hydrogen) atoms. The second-order valence-electron chi connectivity index (χ2n) is 4.48. The van der Waals surface area contributed by atoms with Crippen molar-refractivity contribution in [1.29, 1.82) is 0 Å². The Morgan fingerprint density at radius 1 is 1.59 bits per heavy atom. The molecule has 0 radical (unpaired) electrons. The maximum absolute atomic E-state index is 11.1. The molecule has 1 atom stereocenters. The Hall–Kier alpha value is -1.36. The molecule has 0 saturated heterocycles. The predicted octanol–water partition coefficient (Wildman–Crippen LogP) is 2.77. The van der Waals surface area contributed by atoms with Crippen LogP contribution in [0.5, 0.6) is 0 Å². The monoisotopic (exact) mass is 241 g/mol. The van der Waals surface area contributed by atoms with Gasteiger partial charge in [0, 0.05) is 7.11 Å². The molecule has 1 aromatic rings. The van der Waals surface area contributed by atoms with Crippen LogP contribution in [0.15, 0.2) is 4.42 Å². The Bertz CT molecular complexity index is 405. The summed E-state index contributed by atoms with van der Waals surface area (Å²) in [4.78, 5) is 15.3. The summed E-state index contributed by atoms with van der Waals surface area (Å²) in [5, 5.41) is 9.06. The Labute approximate surface area is 101 Å². The van der Waals surface area contributed by atoms with Crippen LogP contribution >= 0.6 is 0 Å². The van der Waals surface area contributed by atoms with E-state index in [1.54, 1.807) is 7.11 Å². The average molecular weight is 241 g/mol. The second kappa shape index (κ2) is 4.87. The maximum Gasteiger partial charge on any atom is 0.373 e. The van der Waals surface area contributed by atoms with E-state index in [-0.39, 0.29) is 11.7 Å². The molecule has 0 aliphatic carbocycles. The first-order chi connectivity index (χ1) is 7.85. The summed E-state index contributed by atoms with van der Waals surface area (Å²) in [5.41, 5.74) is -0.221. The number of hydrogen-bond acceptors (Lipinski definition) is 4. The minimum absolute atomic E-state index is 0.00318. The highest BCUT2D eigenvalue weighted by molar-refractivity contribution is 5.85. The van der Waals surface area contributed by atoms with E-state index < -0.39 is 11.6 Å². The molecule has 1 heterocycles. The highest BCUT2D eigenvalue weighted by atomic mass is 16.5. The number of hydrogen-bond donors (Lipinski definition) is 1. The Kier molecular flexibility index (Phi) is 3.93. The summed E-state index contributed by atoms with van der Waals surface area (Å²) in [6, 6.07) is 0. The number of carbonyl (C=O) groups is 1. The number of aromatic carboxylic acids is 1. The normalized spacial score (nSPS) is 14.9. The van der Waals surface area contributed by atoms with Crippen LogP contribution in [-0.4, -0.2) is 23.2 Å². The molecule has 0 saturated carbocycles. The lowest BCUT2D eigenvalue weighted by Gasteiger charge is -2.22. The molecule has 0 aromatic carbocycles. The minimum atomic E-state index is -1.10. The van der Waals surface area contributed by atoms with Crippen LogP contribution in [0.2, 0.25) is 0 Å². The van der Waals surface area contributed by atoms with Crippen LogP contribution in [0.1, 0.15) is 62.2 Å². The zero-order valence-corrected chi connectivity index (χ0v) is 10.9. The standard InChI is InChI=1S/C12H19NO4/c1-6-12(4,16-5)11-13-8(7(2)3)9(17-11)10(14)15/h7H,6H2,1-5H3,(H,14,15). The van der Waals surface area contributed by atoms with Gasteiger partial charge in [0.25, 0.3) is 0 Å². The molecule has 0 aliphatic heterocycles. The fraction of sp³-hybridized carbons (Fsp3) is 0.667. The van der Waals surface area contributed by atoms with Gasteiger partial charge in [0.2, 0.25) is 11.7 Å². The van der Waals surface area contributed by atoms with Gasteiger partial charge >= 0.3 is 5.97 Å². The predicted molar refractivity (Wildman–Crippen MR) is 62.2 cm³/mol. The first-order valence-corrected chi connectivity index (χ1v) is 5.65. The van der Waals surface area contributed by atoms with Crippen LogP contribution in [0, 0.1) is 0 Å². The summed E-state index contributed by atoms with van der Waals surface area (Å²) in [6.07, 6.45) is 0.653. The van der Waals surface area contributed by atoms with Gasteiger partial charge in [-0.25, -0.2) is 9.78 Å². The molecule has 0 aliphatic rings. The van der Waals surface area contributed by atoms with Crippen LogP contribution < -0.4 is 0 Å². The van der Waals surface area contributed by atoms with Gasteiger partial charge in [0.05, 0.1) is 5.69 Å². The lowest BCUT2D eigenvalue weighted by atomic mass is 10.0. The topological polar surface area (TPSA) is 72.6 Å². The number of ether oxygens (including phenoxy) is 1. The Morgan fingerprint density at radius 3 is 2.47 bits per heavy atom. The van der Waals surface area contributed by atoms with E-state index in [1.807, 2.05) is 27.7 Å². The SMILES string of the molecule is CCC(C)(OC)c1nc(C(C)C)c(C(=O)O)o1. The molecule has 0 fully saturated rings. The van der Waals surface area contributed by atoms with Gasteiger partial charge in [-0.2, -0.15) is 0 Å². The lowest BCUT2D eigenvalue weighted by Crippen LogP contribution is -2.23. The smallest absolute Gasteiger partial charge is 0.373 e. The zero-order valence-electron chi connectivity index (χ0n) is 10.9. The fourth-order valence-electron chi connectivity index (χ4n) is 1.49. The number of carboxylic acids is 1. The van der Waals surface area contributed by atoms with Crippen LogP contribution in [-0.2, 0) is 10.3 Å². The maximum atomic E-state index is 11.1. The summed E-state index contributed by atoms with van der Waals surface area (Å²) >= 11 is 0. The third-order valence-corrected chi connectivity index (χ3v) is 2.97. The third kappa shape index (κ3) is 2.49. The van der Waals surface area contributed by atoms with E-state index in [9.17, 15) is 4.79 Å². The Balaban J connectivity index is 3.29. The minimum Gasteiger partial charge on any atom is -0.475 e. The first-order valence-electron chi connectivity index (χ1n) is 5.65. The van der Waals surface area contributed by atoms with Crippen molar-refractivity contribution < 1.29 is 19.1 Å². The zero-order chi connectivity index (χ0) is 13.2. The van der Waals surface area contributed by atoms with Crippen LogP contribution in [0.3, 0.4) is 0 Å². The van der Waals surface area contributed by atoms with Gasteiger partial charge in [0.15, 0.2) is 0 Å². The first kappa shape index (κ1) is 13.7. The number of methoxy groups -OCH3 is 1. The molecule has 96 valence electrons. The van der Waals surface area contributed by atoms with Gasteiger partial charge in [-0.15, -0.1) is 0 Å². The van der Waals surface area contributed by atoms with Crippen molar-refractivity contribution in [3.05, 3.63) is 17.3 Å². The molecule has 1 unspecified atom stereocenters. The Morgan fingerprint density at radius 2 is 2.18 bits per heavy atom. The molecule has 1 aromatic heterocycles. The molecule has 0 spiro atoms. The van der Waals surface area contributed by atoms with Crippen molar-refractivity contribution >= 4 is 5.97 Å². The van der Waals surface area contributed by atoms with Crippen molar-refractivity contribution in [2.75, 3.05) is 7.11 Å². The van der Waals surface area contributed by atoms with Crippen molar-refractivity contribution in [3.8, 4) is 0 Å². The molecular weight excluding hydrogens is 222 g/mol. The van der Waals surface area contributed by atoms with Gasteiger partial charge in [-0.05, 0) is 19.3 Å². The molecule has 5 heteroatoms. The van der Waals surface area contributed by atoms with Crippen LogP contribution in [0.25, 0.3) is 0 Å². The number of aromatic nitrogens is 1. The molecule has 0 amide bonds. The second-order valence-corrected chi connectivity index (χ2v) is 4.48. The van der Waals surface area contributed by atoms with Gasteiger partial charge in [-0.3, -0.25) is 0 Å². The van der Waals surface area contributed by atoms with Crippen molar-refractivity contribution in [1.82, 2.24) is 4.98 Å². The number of nitrogens with zero attached hydrogens (tertiary/aromatic N) is 1. The van der Waals surface area contributed by atoms with Crippen molar-refractivity contribution in [3.63, 3.8) is 0 Å². The fourth-order valence-corrected chi connectivity index (χ4v) is 1.49. The summed E-state index contributed by atoms with van der Waals surface area (Å²) in [5.74, 6) is -0.867. The number of rotatable bonds is 5. The van der Waals surface area contributed by atoms with E-state index in [1.165, 1.54) is 0 Å². The largest absolute Gasteiger partial charge is 0.475 e. The molecular formula is C12H19NO4. The highest BCUT2D eigenvalue weighted by Crippen LogP contribution is 2.31. The molecule has 0 bridgehead atoms. The molecule has 1 rings (SSSR count). The van der Waals surface area contributed by atoms with Gasteiger partial charge in [-0.1, -0.05) is 20.8 Å². The van der Waals surface area contributed by atoms with E-state index >= 15 is 0 Å². The van der Waals surface area contributed by atoms with Crippen molar-refractivity contribution in [2.24, 2.45) is 0 Å². The van der Waals surface area contributed by atoms with E-state index in [4.69, 9.17) is 14.3 Å². The van der Waals surface area contributed by atoms with E-state index in [0.717, 1.165) is 0 Å². The van der Waals surface area contributed by atoms with E-state index in [0.29, 0.717) is 18.0 Å². The third-order valence-electron chi connectivity index (χ3n) is 2.97.